The van der Waals surface area contributed by atoms with Crippen LogP contribution in [0.15, 0.2) is 42.5 Å². The molecule has 0 saturated heterocycles. The molecule has 0 aliphatic carbocycles. The van der Waals surface area contributed by atoms with Gasteiger partial charge in [-0.1, -0.05) is 23.8 Å². The summed E-state index contributed by atoms with van der Waals surface area (Å²) >= 11 is 0. The molecule has 0 unspecified atom stereocenters. The molecule has 0 aromatic heterocycles. The molecule has 2 aromatic rings. The molecule has 0 aliphatic heterocycles. The summed E-state index contributed by atoms with van der Waals surface area (Å²) in [6, 6.07) is 11.0. The van der Waals surface area contributed by atoms with Crippen LogP contribution in [0.1, 0.15) is 40.1 Å². The molecule has 6 nitrogen and oxygen atoms in total. The monoisotopic (exact) mass is 341 g/mol. The zero-order valence-electron chi connectivity index (χ0n) is 14.2. The zero-order chi connectivity index (χ0) is 18.6. The number of esters is 1. The molecule has 0 aliphatic rings. The number of hydrogen-bond acceptors (Lipinski definition) is 5. The molecule has 2 rings (SSSR count). The first kappa shape index (κ1) is 18.2. The van der Waals surface area contributed by atoms with Crippen LogP contribution in [0.4, 0.5) is 5.69 Å². The van der Waals surface area contributed by atoms with Crippen molar-refractivity contribution in [2.24, 2.45) is 0 Å². The van der Waals surface area contributed by atoms with Crippen LogP contribution in [0.25, 0.3) is 0 Å². The van der Waals surface area contributed by atoms with Crippen LogP contribution in [0.3, 0.4) is 0 Å². The summed E-state index contributed by atoms with van der Waals surface area (Å²) in [6.07, 6.45) is -1.08. The third-order valence-corrected chi connectivity index (χ3v) is 3.56. The molecule has 2 aromatic carbocycles. The summed E-state index contributed by atoms with van der Waals surface area (Å²) in [6.45, 7) is 4.63. The summed E-state index contributed by atoms with van der Waals surface area (Å²) in [4.78, 5) is 35.7. The van der Waals surface area contributed by atoms with Crippen LogP contribution >= 0.6 is 0 Å². The molecule has 0 spiro atoms. The third-order valence-electron chi connectivity index (χ3n) is 3.56. The Hall–Kier alpha value is -3.15. The van der Waals surface area contributed by atoms with E-state index in [9.17, 15) is 19.5 Å². The van der Waals surface area contributed by atoms with E-state index in [4.69, 9.17) is 4.74 Å². The maximum absolute atomic E-state index is 12.2. The van der Waals surface area contributed by atoms with Crippen molar-refractivity contribution in [3.63, 3.8) is 0 Å². The van der Waals surface area contributed by atoms with Crippen LogP contribution in [0, 0.1) is 6.92 Å². The highest BCUT2D eigenvalue weighted by atomic mass is 16.5. The number of ketones is 1. The summed E-state index contributed by atoms with van der Waals surface area (Å²) in [5.74, 6) is -1.66. The molecule has 0 bridgehead atoms. The Morgan fingerprint density at radius 3 is 2.52 bits per heavy atom. The van der Waals surface area contributed by atoms with Gasteiger partial charge in [-0.15, -0.1) is 0 Å². The van der Waals surface area contributed by atoms with E-state index in [2.05, 4.69) is 5.32 Å². The van der Waals surface area contributed by atoms with Crippen molar-refractivity contribution in [1.29, 1.82) is 0 Å². The standard InChI is InChI=1S/C19H19NO5/c1-11-7-8-17(22)16(9-11)19(24)25-13(3)18(23)20-15-6-4-5-14(10-15)12(2)21/h4-10,13,22H,1-3H3,(H,20,23)/t13-/m1/s1. The van der Waals surface area contributed by atoms with Crippen molar-refractivity contribution in [2.45, 2.75) is 26.9 Å². The van der Waals surface area contributed by atoms with Crippen molar-refractivity contribution in [2.75, 3.05) is 5.32 Å². The second-order valence-corrected chi connectivity index (χ2v) is 5.69. The number of phenols is 1. The number of Topliss-reactive ketones (excluding diaryl/α,β-unsaturated/α-hetero) is 1. The van der Waals surface area contributed by atoms with Crippen molar-refractivity contribution in [1.82, 2.24) is 0 Å². The highest BCUT2D eigenvalue weighted by molar-refractivity contribution is 6.00. The molecule has 25 heavy (non-hydrogen) atoms. The fourth-order valence-corrected chi connectivity index (χ4v) is 2.15. The first-order valence-electron chi connectivity index (χ1n) is 7.70. The Morgan fingerprint density at radius 1 is 1.12 bits per heavy atom. The van der Waals surface area contributed by atoms with E-state index < -0.39 is 18.0 Å². The molecule has 1 amide bonds. The molecule has 0 heterocycles. The number of anilines is 1. The number of amides is 1. The lowest BCUT2D eigenvalue weighted by molar-refractivity contribution is -0.123. The minimum Gasteiger partial charge on any atom is -0.507 e. The second kappa shape index (κ2) is 7.61. The number of carbonyl (C=O) groups excluding carboxylic acids is 3. The lowest BCUT2D eigenvalue weighted by Gasteiger charge is -2.14. The maximum Gasteiger partial charge on any atom is 0.342 e. The van der Waals surface area contributed by atoms with E-state index in [0.29, 0.717) is 11.3 Å². The maximum atomic E-state index is 12.2. The van der Waals surface area contributed by atoms with Crippen LogP contribution in [0.2, 0.25) is 0 Å². The van der Waals surface area contributed by atoms with E-state index in [1.807, 2.05) is 0 Å². The Bertz CT molecular complexity index is 828. The van der Waals surface area contributed by atoms with Gasteiger partial charge in [-0.3, -0.25) is 9.59 Å². The van der Waals surface area contributed by atoms with Gasteiger partial charge in [-0.05, 0) is 45.0 Å². The van der Waals surface area contributed by atoms with Crippen molar-refractivity contribution >= 4 is 23.3 Å². The van der Waals surface area contributed by atoms with Gasteiger partial charge in [-0.25, -0.2) is 4.79 Å². The van der Waals surface area contributed by atoms with Crippen molar-refractivity contribution in [3.05, 3.63) is 59.2 Å². The fraction of sp³-hybridized carbons (Fsp3) is 0.211. The molecule has 0 saturated carbocycles. The van der Waals surface area contributed by atoms with Gasteiger partial charge >= 0.3 is 5.97 Å². The van der Waals surface area contributed by atoms with Crippen LogP contribution < -0.4 is 5.32 Å². The van der Waals surface area contributed by atoms with Crippen molar-refractivity contribution < 1.29 is 24.2 Å². The lowest BCUT2D eigenvalue weighted by Crippen LogP contribution is -2.30. The zero-order valence-corrected chi connectivity index (χ0v) is 14.2. The first-order valence-corrected chi connectivity index (χ1v) is 7.70. The van der Waals surface area contributed by atoms with E-state index in [-0.39, 0.29) is 17.1 Å². The fourth-order valence-electron chi connectivity index (χ4n) is 2.15. The van der Waals surface area contributed by atoms with Crippen LogP contribution in [-0.4, -0.2) is 28.9 Å². The van der Waals surface area contributed by atoms with Gasteiger partial charge in [0.2, 0.25) is 0 Å². The number of ether oxygens (including phenoxy) is 1. The Kier molecular flexibility index (Phi) is 5.54. The predicted molar refractivity (Wildman–Crippen MR) is 92.8 cm³/mol. The number of hydrogen-bond donors (Lipinski definition) is 2. The third kappa shape index (κ3) is 4.67. The molecule has 130 valence electrons. The number of carbonyl (C=O) groups is 3. The minimum atomic E-state index is -1.08. The number of aromatic hydroxyl groups is 1. The topological polar surface area (TPSA) is 92.7 Å². The van der Waals surface area contributed by atoms with Gasteiger partial charge in [0.05, 0.1) is 0 Å². The first-order chi connectivity index (χ1) is 11.8. The van der Waals surface area contributed by atoms with E-state index >= 15 is 0 Å². The summed E-state index contributed by atoms with van der Waals surface area (Å²) in [5.41, 5.74) is 1.67. The van der Waals surface area contributed by atoms with E-state index in [1.165, 1.54) is 26.0 Å². The highest BCUT2D eigenvalue weighted by Gasteiger charge is 2.21. The number of nitrogens with one attached hydrogen (secondary N) is 1. The Labute approximate surface area is 145 Å². The predicted octanol–water partition coefficient (Wildman–Crippen LogP) is 3.09. The van der Waals surface area contributed by atoms with E-state index in [1.54, 1.807) is 37.3 Å². The lowest BCUT2D eigenvalue weighted by atomic mass is 10.1. The molecule has 1 atom stereocenters. The second-order valence-electron chi connectivity index (χ2n) is 5.69. The van der Waals surface area contributed by atoms with E-state index in [0.717, 1.165) is 5.56 Å². The average molecular weight is 341 g/mol. The molecular weight excluding hydrogens is 322 g/mol. The largest absolute Gasteiger partial charge is 0.507 e. The van der Waals surface area contributed by atoms with Crippen LogP contribution in [-0.2, 0) is 9.53 Å². The Balaban J connectivity index is 2.05. The normalized spacial score (nSPS) is 11.5. The van der Waals surface area contributed by atoms with Gasteiger partial charge in [0.15, 0.2) is 11.9 Å². The smallest absolute Gasteiger partial charge is 0.342 e. The molecule has 0 radical (unpaired) electrons. The van der Waals surface area contributed by atoms with Gasteiger partial charge in [0, 0.05) is 11.3 Å². The molecule has 6 heteroatoms. The average Bonchev–Trinajstić information content (AvgIpc) is 2.57. The number of rotatable bonds is 5. The highest BCUT2D eigenvalue weighted by Crippen LogP contribution is 2.20. The van der Waals surface area contributed by atoms with Crippen LogP contribution in [0.5, 0.6) is 5.75 Å². The summed E-state index contributed by atoms with van der Waals surface area (Å²) < 4.78 is 5.11. The molecule has 0 fully saturated rings. The number of benzene rings is 2. The van der Waals surface area contributed by atoms with Gasteiger partial charge in [-0.2, -0.15) is 0 Å². The quantitative estimate of drug-likeness (QED) is 0.644. The Morgan fingerprint density at radius 2 is 1.84 bits per heavy atom. The SMILES string of the molecule is CC(=O)c1cccc(NC(=O)[C@@H](C)OC(=O)c2cc(C)ccc2O)c1. The van der Waals surface area contributed by atoms with Gasteiger partial charge < -0.3 is 15.2 Å². The molecule has 2 N–H and O–H groups in total. The molecular formula is C19H19NO5. The number of phenolic OH excluding ortho intramolecular Hbond substituents is 1. The minimum absolute atomic E-state index is 0.00164. The summed E-state index contributed by atoms with van der Waals surface area (Å²) in [7, 11) is 0. The van der Waals surface area contributed by atoms with Gasteiger partial charge in [0.1, 0.15) is 11.3 Å². The summed E-state index contributed by atoms with van der Waals surface area (Å²) in [5, 5.41) is 12.3. The van der Waals surface area contributed by atoms with Crippen molar-refractivity contribution in [3.8, 4) is 5.75 Å². The number of aryl methyl sites for hydroxylation is 1. The van der Waals surface area contributed by atoms with Gasteiger partial charge in [0.25, 0.3) is 5.91 Å².